The highest BCUT2D eigenvalue weighted by Gasteiger charge is 2.44. The van der Waals surface area contributed by atoms with Crippen molar-refractivity contribution < 1.29 is 14.3 Å². The number of ether oxygens (including phenoxy) is 1. The van der Waals surface area contributed by atoms with Gasteiger partial charge in [-0.3, -0.25) is 4.79 Å². The number of allylic oxidation sites excluding steroid dienone is 2. The highest BCUT2D eigenvalue weighted by atomic mass is 16.6. The molecule has 4 heteroatoms. The molecular formula is C17H25NO3. The van der Waals surface area contributed by atoms with Gasteiger partial charge in [0.1, 0.15) is 6.61 Å². The van der Waals surface area contributed by atoms with Crippen molar-refractivity contribution in [3.05, 3.63) is 11.6 Å². The van der Waals surface area contributed by atoms with Gasteiger partial charge in [-0.15, -0.1) is 0 Å². The lowest BCUT2D eigenvalue weighted by molar-refractivity contribution is -0.136. The van der Waals surface area contributed by atoms with Crippen molar-refractivity contribution in [2.75, 3.05) is 6.61 Å². The summed E-state index contributed by atoms with van der Waals surface area (Å²) in [6, 6.07) is -0.0962. The lowest BCUT2D eigenvalue weighted by Gasteiger charge is -2.33. The molecule has 116 valence electrons. The second-order valence-electron chi connectivity index (χ2n) is 7.01. The predicted octanol–water partition coefficient (Wildman–Crippen LogP) is 3.52. The minimum Gasteiger partial charge on any atom is -0.447 e. The Morgan fingerprint density at radius 1 is 1.38 bits per heavy atom. The number of rotatable bonds is 2. The first-order chi connectivity index (χ1) is 10.1. The summed E-state index contributed by atoms with van der Waals surface area (Å²) in [6.45, 7) is 4.43. The summed E-state index contributed by atoms with van der Waals surface area (Å²) in [4.78, 5) is 26.3. The van der Waals surface area contributed by atoms with E-state index in [4.69, 9.17) is 4.74 Å². The number of hydrogen-bond acceptors (Lipinski definition) is 3. The lowest BCUT2D eigenvalue weighted by atomic mass is 9.77. The maximum absolute atomic E-state index is 12.9. The third-order valence-electron chi connectivity index (χ3n) is 5.31. The van der Waals surface area contributed by atoms with Crippen molar-refractivity contribution in [3.8, 4) is 0 Å². The molecular weight excluding hydrogens is 266 g/mol. The zero-order valence-corrected chi connectivity index (χ0v) is 13.0. The van der Waals surface area contributed by atoms with Crippen LogP contribution in [-0.2, 0) is 9.53 Å². The van der Waals surface area contributed by atoms with Crippen LogP contribution >= 0.6 is 0 Å². The van der Waals surface area contributed by atoms with Crippen LogP contribution in [0.4, 0.5) is 4.79 Å². The molecule has 1 aliphatic heterocycles. The molecule has 3 atom stereocenters. The van der Waals surface area contributed by atoms with Gasteiger partial charge in [0.05, 0.1) is 6.04 Å². The molecule has 0 aromatic rings. The number of amides is 2. The maximum atomic E-state index is 12.9. The van der Waals surface area contributed by atoms with Crippen LogP contribution in [0.1, 0.15) is 52.4 Å². The highest BCUT2D eigenvalue weighted by Crippen LogP contribution is 2.40. The molecule has 2 amide bonds. The van der Waals surface area contributed by atoms with Gasteiger partial charge in [-0.2, -0.15) is 0 Å². The minimum absolute atomic E-state index is 0.00148. The average Bonchev–Trinajstić information content (AvgIpc) is 2.75. The minimum atomic E-state index is -0.443. The Bertz CT molecular complexity index is 469. The van der Waals surface area contributed by atoms with E-state index < -0.39 is 6.09 Å². The summed E-state index contributed by atoms with van der Waals surface area (Å²) < 4.78 is 5.13. The summed E-state index contributed by atoms with van der Waals surface area (Å²) in [5, 5.41) is 0. The van der Waals surface area contributed by atoms with Crippen LogP contribution in [0.25, 0.3) is 0 Å². The Hall–Kier alpha value is -1.32. The fourth-order valence-corrected chi connectivity index (χ4v) is 3.98. The molecule has 1 saturated carbocycles. The van der Waals surface area contributed by atoms with Crippen LogP contribution in [0.5, 0.6) is 0 Å². The van der Waals surface area contributed by atoms with E-state index in [1.165, 1.54) is 29.7 Å². The van der Waals surface area contributed by atoms with Gasteiger partial charge in [0.15, 0.2) is 0 Å². The third-order valence-corrected chi connectivity index (χ3v) is 5.31. The van der Waals surface area contributed by atoms with Crippen LogP contribution in [-0.4, -0.2) is 29.5 Å². The Kier molecular flexibility index (Phi) is 4.05. The Morgan fingerprint density at radius 3 is 2.95 bits per heavy atom. The molecule has 4 nitrogen and oxygen atoms in total. The monoisotopic (exact) mass is 291 g/mol. The average molecular weight is 291 g/mol. The molecule has 2 aliphatic carbocycles. The highest BCUT2D eigenvalue weighted by molar-refractivity contribution is 5.95. The van der Waals surface area contributed by atoms with Crippen LogP contribution in [0, 0.1) is 17.8 Å². The molecule has 0 radical (unpaired) electrons. The number of hydrogen-bond donors (Lipinski definition) is 0. The molecule has 0 aromatic carbocycles. The molecule has 21 heavy (non-hydrogen) atoms. The number of nitrogens with zero attached hydrogens (tertiary/aromatic N) is 1. The summed E-state index contributed by atoms with van der Waals surface area (Å²) in [6.07, 6.45) is 8.39. The van der Waals surface area contributed by atoms with E-state index in [9.17, 15) is 9.59 Å². The van der Waals surface area contributed by atoms with E-state index in [1.54, 1.807) is 0 Å². The van der Waals surface area contributed by atoms with Crippen molar-refractivity contribution in [2.45, 2.75) is 58.4 Å². The SMILES string of the molecule is CC(C)[C@@H]1COC(=O)N1C(=O)C1CC=C2CCCC[C@@H]1C2. The van der Waals surface area contributed by atoms with Gasteiger partial charge in [-0.05, 0) is 43.9 Å². The van der Waals surface area contributed by atoms with Crippen molar-refractivity contribution in [1.82, 2.24) is 4.90 Å². The zero-order valence-electron chi connectivity index (χ0n) is 13.0. The van der Waals surface area contributed by atoms with Crippen molar-refractivity contribution in [3.63, 3.8) is 0 Å². The molecule has 3 rings (SSSR count). The van der Waals surface area contributed by atoms with E-state index in [1.807, 2.05) is 13.8 Å². The first-order valence-electron chi connectivity index (χ1n) is 8.25. The molecule has 1 unspecified atom stereocenters. The first kappa shape index (κ1) is 14.6. The van der Waals surface area contributed by atoms with E-state index in [0.717, 1.165) is 19.3 Å². The predicted molar refractivity (Wildman–Crippen MR) is 79.6 cm³/mol. The lowest BCUT2D eigenvalue weighted by Crippen LogP contribution is -2.46. The second-order valence-corrected chi connectivity index (χ2v) is 7.01. The number of imide groups is 1. The van der Waals surface area contributed by atoms with Gasteiger partial charge in [0.25, 0.3) is 0 Å². The zero-order chi connectivity index (χ0) is 15.0. The quantitative estimate of drug-likeness (QED) is 0.731. The topological polar surface area (TPSA) is 46.6 Å². The van der Waals surface area contributed by atoms with Gasteiger partial charge in [-0.25, -0.2) is 9.69 Å². The van der Waals surface area contributed by atoms with E-state index >= 15 is 0 Å². The summed E-state index contributed by atoms with van der Waals surface area (Å²) in [7, 11) is 0. The van der Waals surface area contributed by atoms with E-state index in [-0.39, 0.29) is 23.8 Å². The van der Waals surface area contributed by atoms with Gasteiger partial charge >= 0.3 is 6.09 Å². The van der Waals surface area contributed by atoms with Crippen molar-refractivity contribution in [1.29, 1.82) is 0 Å². The smallest absolute Gasteiger partial charge is 0.416 e. The normalized spacial score (nSPS) is 32.7. The Morgan fingerprint density at radius 2 is 2.19 bits per heavy atom. The molecule has 2 fully saturated rings. The molecule has 1 saturated heterocycles. The number of fused-ring (bicyclic) bond motifs is 2. The summed E-state index contributed by atoms with van der Waals surface area (Å²) in [5.74, 6) is 0.627. The largest absolute Gasteiger partial charge is 0.447 e. The molecule has 0 aromatic heterocycles. The summed E-state index contributed by atoms with van der Waals surface area (Å²) in [5.41, 5.74) is 1.52. The van der Waals surface area contributed by atoms with Crippen LogP contribution in [0.3, 0.4) is 0 Å². The van der Waals surface area contributed by atoms with Gasteiger partial charge in [-0.1, -0.05) is 31.9 Å². The van der Waals surface area contributed by atoms with Gasteiger partial charge in [0.2, 0.25) is 5.91 Å². The third kappa shape index (κ3) is 2.72. The second kappa shape index (κ2) is 5.82. The van der Waals surface area contributed by atoms with Crippen LogP contribution in [0.15, 0.2) is 11.6 Å². The Balaban J connectivity index is 1.79. The Labute approximate surface area is 126 Å². The van der Waals surface area contributed by atoms with Crippen LogP contribution < -0.4 is 0 Å². The molecule has 3 aliphatic rings. The number of cyclic esters (lactones) is 1. The van der Waals surface area contributed by atoms with Crippen molar-refractivity contribution in [2.24, 2.45) is 17.8 Å². The fraction of sp³-hybridized carbons (Fsp3) is 0.765. The first-order valence-corrected chi connectivity index (χ1v) is 8.25. The van der Waals surface area contributed by atoms with Crippen LogP contribution in [0.2, 0.25) is 0 Å². The molecule has 0 N–H and O–H groups in total. The number of carbonyl (C=O) groups is 2. The number of carbonyl (C=O) groups excluding carboxylic acids is 2. The fourth-order valence-electron chi connectivity index (χ4n) is 3.98. The molecule has 2 bridgehead atoms. The molecule has 0 spiro atoms. The molecule has 1 heterocycles. The van der Waals surface area contributed by atoms with Gasteiger partial charge < -0.3 is 4.74 Å². The summed E-state index contributed by atoms with van der Waals surface area (Å²) >= 11 is 0. The van der Waals surface area contributed by atoms with E-state index in [2.05, 4.69) is 6.08 Å². The standard InChI is InChI=1S/C17H25NO3/c1-11(2)15-10-21-17(20)18(15)16(19)14-8-7-12-5-3-4-6-13(14)9-12/h7,11,13-15H,3-6,8-10H2,1-2H3/t13-,14?,15+/m1/s1. The maximum Gasteiger partial charge on any atom is 0.416 e. The van der Waals surface area contributed by atoms with Crippen molar-refractivity contribution >= 4 is 12.0 Å². The van der Waals surface area contributed by atoms with Gasteiger partial charge in [0, 0.05) is 5.92 Å². The van der Waals surface area contributed by atoms with E-state index in [0.29, 0.717) is 12.5 Å².